The topological polar surface area (TPSA) is 37.4 Å². The van der Waals surface area contributed by atoms with Crippen molar-refractivity contribution in [1.82, 2.24) is 0 Å². The molecule has 1 amide bonds. The molecule has 18 heavy (non-hydrogen) atoms. The summed E-state index contributed by atoms with van der Waals surface area (Å²) in [7, 11) is 0. The molecule has 0 aromatic heterocycles. The largest absolute Gasteiger partial charge is 0.305 e. The third-order valence-corrected chi connectivity index (χ3v) is 3.45. The summed E-state index contributed by atoms with van der Waals surface area (Å²) >= 11 is 0. The lowest BCUT2D eigenvalue weighted by Gasteiger charge is -2.16. The first-order valence-corrected chi connectivity index (χ1v) is 5.93. The summed E-state index contributed by atoms with van der Waals surface area (Å²) in [6, 6.07) is 1.68. The molecule has 1 aliphatic carbocycles. The Morgan fingerprint density at radius 1 is 1.22 bits per heavy atom. The number of rotatable bonds is 3. The van der Waals surface area contributed by atoms with Crippen LogP contribution in [-0.2, 0) is 4.79 Å². The van der Waals surface area contributed by atoms with Gasteiger partial charge < -0.3 is 4.90 Å². The molecule has 5 heteroatoms. The van der Waals surface area contributed by atoms with Gasteiger partial charge >= 0.3 is 0 Å². The summed E-state index contributed by atoms with van der Waals surface area (Å²) in [6.45, 7) is 0.352. The van der Waals surface area contributed by atoms with Gasteiger partial charge in [0, 0.05) is 12.6 Å². The molecule has 1 aromatic carbocycles. The number of halogens is 2. The second kappa shape index (κ2) is 3.86. The Labute approximate surface area is 102 Å². The van der Waals surface area contributed by atoms with Crippen molar-refractivity contribution in [2.45, 2.75) is 19.3 Å². The van der Waals surface area contributed by atoms with Crippen molar-refractivity contribution in [2.75, 3.05) is 11.4 Å². The minimum Gasteiger partial charge on any atom is -0.305 e. The lowest BCUT2D eigenvalue weighted by Crippen LogP contribution is -2.30. The van der Waals surface area contributed by atoms with Gasteiger partial charge in [-0.1, -0.05) is 12.8 Å². The number of ketones is 1. The van der Waals surface area contributed by atoms with Gasteiger partial charge in [0.15, 0.2) is 0 Å². The molecule has 1 aromatic rings. The molecule has 2 aliphatic rings. The maximum Gasteiger partial charge on any atom is 0.299 e. The summed E-state index contributed by atoms with van der Waals surface area (Å²) in [5, 5.41) is 0. The fourth-order valence-corrected chi connectivity index (χ4v) is 2.28. The first-order chi connectivity index (χ1) is 8.58. The second-order valence-corrected chi connectivity index (χ2v) is 4.80. The van der Waals surface area contributed by atoms with E-state index in [1.807, 2.05) is 0 Å². The SMILES string of the molecule is O=C1C(=O)N(CCC2CC2)c2cc(F)cc(F)c21. The minimum atomic E-state index is -0.961. The molecule has 3 rings (SSSR count). The maximum absolute atomic E-state index is 13.5. The number of amides is 1. The summed E-state index contributed by atoms with van der Waals surface area (Å²) in [6.07, 6.45) is 3.03. The average molecular weight is 251 g/mol. The van der Waals surface area contributed by atoms with Crippen LogP contribution in [0.25, 0.3) is 0 Å². The summed E-state index contributed by atoms with van der Waals surface area (Å²) < 4.78 is 26.7. The summed E-state index contributed by atoms with van der Waals surface area (Å²) in [5.41, 5.74) is -0.222. The van der Waals surface area contributed by atoms with Crippen molar-refractivity contribution >= 4 is 17.4 Å². The van der Waals surface area contributed by atoms with Crippen LogP contribution in [0.15, 0.2) is 12.1 Å². The fourth-order valence-electron chi connectivity index (χ4n) is 2.28. The van der Waals surface area contributed by atoms with Crippen LogP contribution in [0.2, 0.25) is 0 Å². The first-order valence-electron chi connectivity index (χ1n) is 5.93. The molecule has 0 saturated heterocycles. The Bertz CT molecular complexity index is 552. The zero-order chi connectivity index (χ0) is 12.9. The highest BCUT2D eigenvalue weighted by Gasteiger charge is 2.39. The van der Waals surface area contributed by atoms with Crippen LogP contribution in [0.3, 0.4) is 0 Å². The highest BCUT2D eigenvalue weighted by atomic mass is 19.1. The highest BCUT2D eigenvalue weighted by molar-refractivity contribution is 6.52. The monoisotopic (exact) mass is 251 g/mol. The van der Waals surface area contributed by atoms with Gasteiger partial charge in [0.25, 0.3) is 11.7 Å². The molecule has 1 saturated carbocycles. The van der Waals surface area contributed by atoms with E-state index in [1.165, 1.54) is 4.90 Å². The summed E-state index contributed by atoms with van der Waals surface area (Å²) in [4.78, 5) is 24.6. The van der Waals surface area contributed by atoms with Crippen molar-refractivity contribution in [2.24, 2.45) is 5.92 Å². The van der Waals surface area contributed by atoms with Gasteiger partial charge in [0.2, 0.25) is 0 Å². The standard InChI is InChI=1S/C13H11F2NO2/c14-8-5-9(15)11-10(6-8)16(13(18)12(11)17)4-3-7-1-2-7/h5-7H,1-4H2. The van der Waals surface area contributed by atoms with Crippen LogP contribution in [0.1, 0.15) is 29.6 Å². The molecule has 3 nitrogen and oxygen atoms in total. The number of anilines is 1. The molecular formula is C13H11F2NO2. The van der Waals surface area contributed by atoms with E-state index in [0.717, 1.165) is 25.3 Å². The number of carbonyl (C=O) groups excluding carboxylic acids is 2. The zero-order valence-corrected chi connectivity index (χ0v) is 9.58. The van der Waals surface area contributed by atoms with Gasteiger partial charge in [-0.25, -0.2) is 8.78 Å². The van der Waals surface area contributed by atoms with Crippen LogP contribution >= 0.6 is 0 Å². The zero-order valence-electron chi connectivity index (χ0n) is 9.58. The molecule has 1 heterocycles. The average Bonchev–Trinajstić information content (AvgIpc) is 3.08. The Balaban J connectivity index is 1.97. The van der Waals surface area contributed by atoms with Gasteiger partial charge in [-0.2, -0.15) is 0 Å². The predicted molar refractivity (Wildman–Crippen MR) is 60.4 cm³/mol. The van der Waals surface area contributed by atoms with E-state index in [4.69, 9.17) is 0 Å². The number of fused-ring (bicyclic) bond motifs is 1. The number of benzene rings is 1. The van der Waals surface area contributed by atoms with E-state index in [0.29, 0.717) is 18.5 Å². The molecular weight excluding hydrogens is 240 g/mol. The number of hydrogen-bond acceptors (Lipinski definition) is 2. The maximum atomic E-state index is 13.5. The molecule has 0 spiro atoms. The molecule has 94 valence electrons. The molecule has 0 N–H and O–H groups in total. The lowest BCUT2D eigenvalue weighted by molar-refractivity contribution is -0.114. The second-order valence-electron chi connectivity index (χ2n) is 4.80. The number of Topliss-reactive ketones (excluding diaryl/α,β-unsaturated/α-hetero) is 1. The first kappa shape index (κ1) is 11.3. The van der Waals surface area contributed by atoms with Crippen LogP contribution in [0, 0.1) is 17.6 Å². The van der Waals surface area contributed by atoms with Gasteiger partial charge in [0.1, 0.15) is 11.6 Å². The molecule has 1 fully saturated rings. The van der Waals surface area contributed by atoms with Crippen molar-refractivity contribution in [3.63, 3.8) is 0 Å². The smallest absolute Gasteiger partial charge is 0.299 e. The number of hydrogen-bond donors (Lipinski definition) is 0. The quantitative estimate of drug-likeness (QED) is 0.773. The van der Waals surface area contributed by atoms with Crippen LogP contribution in [0.5, 0.6) is 0 Å². The van der Waals surface area contributed by atoms with Gasteiger partial charge in [-0.3, -0.25) is 9.59 Å². The Hall–Kier alpha value is -1.78. The molecule has 0 bridgehead atoms. The normalized spacial score (nSPS) is 18.4. The van der Waals surface area contributed by atoms with Crippen LogP contribution in [-0.4, -0.2) is 18.2 Å². The van der Waals surface area contributed by atoms with Gasteiger partial charge in [-0.15, -0.1) is 0 Å². The summed E-state index contributed by atoms with van der Waals surface area (Å²) in [5.74, 6) is -2.79. The van der Waals surface area contributed by atoms with Crippen molar-refractivity contribution in [3.8, 4) is 0 Å². The third kappa shape index (κ3) is 1.70. The van der Waals surface area contributed by atoms with E-state index in [2.05, 4.69) is 0 Å². The molecule has 0 radical (unpaired) electrons. The van der Waals surface area contributed by atoms with Crippen LogP contribution in [0.4, 0.5) is 14.5 Å². The fraction of sp³-hybridized carbons (Fsp3) is 0.385. The van der Waals surface area contributed by atoms with E-state index in [9.17, 15) is 18.4 Å². The van der Waals surface area contributed by atoms with Crippen molar-refractivity contribution in [1.29, 1.82) is 0 Å². The van der Waals surface area contributed by atoms with Gasteiger partial charge in [0.05, 0.1) is 11.3 Å². The van der Waals surface area contributed by atoms with Gasteiger partial charge in [-0.05, 0) is 18.4 Å². The molecule has 0 unspecified atom stereocenters. The lowest BCUT2D eigenvalue weighted by atomic mass is 10.1. The van der Waals surface area contributed by atoms with E-state index >= 15 is 0 Å². The number of nitrogens with zero attached hydrogens (tertiary/aromatic N) is 1. The third-order valence-electron chi connectivity index (χ3n) is 3.45. The Morgan fingerprint density at radius 3 is 2.61 bits per heavy atom. The molecule has 1 aliphatic heterocycles. The molecule has 0 atom stereocenters. The van der Waals surface area contributed by atoms with Crippen LogP contribution < -0.4 is 4.90 Å². The van der Waals surface area contributed by atoms with Crippen molar-refractivity contribution < 1.29 is 18.4 Å². The Morgan fingerprint density at radius 2 is 1.94 bits per heavy atom. The predicted octanol–water partition coefficient (Wildman–Crippen LogP) is 2.29. The minimum absolute atomic E-state index is 0.0724. The van der Waals surface area contributed by atoms with Crippen molar-refractivity contribution in [3.05, 3.63) is 29.3 Å². The number of carbonyl (C=O) groups is 2. The van der Waals surface area contributed by atoms with E-state index in [1.54, 1.807) is 0 Å². The van der Waals surface area contributed by atoms with E-state index in [-0.39, 0.29) is 11.3 Å². The van der Waals surface area contributed by atoms with E-state index < -0.39 is 23.3 Å². The Kier molecular flexibility index (Phi) is 2.43. The highest BCUT2D eigenvalue weighted by Crippen LogP contribution is 2.36.